The molecule has 0 saturated carbocycles. The molecule has 28 heavy (non-hydrogen) atoms. The molecule has 3 aromatic rings. The van der Waals surface area contributed by atoms with Gasteiger partial charge in [0.2, 0.25) is 5.91 Å². The Morgan fingerprint density at radius 1 is 1.36 bits per heavy atom. The third kappa shape index (κ3) is 4.39. The number of benzene rings is 1. The zero-order valence-corrected chi connectivity index (χ0v) is 17.8. The molecule has 0 atom stereocenters. The maximum atomic E-state index is 12.8. The smallest absolute Gasteiger partial charge is 0.282 e. The highest BCUT2D eigenvalue weighted by Crippen LogP contribution is 2.26. The fraction of sp³-hybridized carbons (Fsp3) is 0.368. The van der Waals surface area contributed by atoms with Gasteiger partial charge in [-0.2, -0.15) is 5.10 Å². The van der Waals surface area contributed by atoms with E-state index in [2.05, 4.69) is 15.4 Å². The summed E-state index contributed by atoms with van der Waals surface area (Å²) in [6.07, 6.45) is 1.70. The van der Waals surface area contributed by atoms with Crippen LogP contribution in [0, 0.1) is 12.8 Å². The first-order valence-electron chi connectivity index (χ1n) is 8.88. The molecule has 148 valence electrons. The number of anilines is 1. The molecule has 0 bridgehead atoms. The topological polar surface area (TPSA) is 81.8 Å². The molecule has 0 aliphatic carbocycles. The van der Waals surface area contributed by atoms with Gasteiger partial charge in [-0.15, -0.1) is 0 Å². The maximum absolute atomic E-state index is 12.8. The number of amides is 1. The van der Waals surface area contributed by atoms with Crippen molar-refractivity contribution in [3.63, 3.8) is 0 Å². The lowest BCUT2D eigenvalue weighted by molar-refractivity contribution is -0.113. The van der Waals surface area contributed by atoms with Crippen molar-refractivity contribution < 1.29 is 4.79 Å². The van der Waals surface area contributed by atoms with E-state index < -0.39 is 0 Å². The highest BCUT2D eigenvalue weighted by atomic mass is 35.5. The maximum Gasteiger partial charge on any atom is 0.282 e. The van der Waals surface area contributed by atoms with E-state index in [1.54, 1.807) is 28.6 Å². The number of nitrogens with zero attached hydrogens (tertiary/aromatic N) is 4. The number of fused-ring (bicyclic) bond motifs is 1. The molecule has 1 N–H and O–H groups in total. The summed E-state index contributed by atoms with van der Waals surface area (Å²) in [5, 5.41) is 8.05. The molecule has 2 aromatic heterocycles. The van der Waals surface area contributed by atoms with Gasteiger partial charge in [-0.3, -0.25) is 18.8 Å². The summed E-state index contributed by atoms with van der Waals surface area (Å²) < 4.78 is 3.17. The van der Waals surface area contributed by atoms with Crippen LogP contribution < -0.4 is 10.9 Å². The SMILES string of the molecule is Cc1cccc(Cl)c1NC(=O)CSc1nc2cn(C)nc2c(=O)n1CC(C)C. The Hall–Kier alpha value is -2.32. The van der Waals surface area contributed by atoms with Gasteiger partial charge in [-0.05, 0) is 24.5 Å². The number of thioether (sulfide) groups is 1. The molecule has 1 aromatic carbocycles. The number of carbonyl (C=O) groups excluding carboxylic acids is 1. The first-order chi connectivity index (χ1) is 13.3. The molecule has 7 nitrogen and oxygen atoms in total. The fourth-order valence-electron chi connectivity index (χ4n) is 2.82. The van der Waals surface area contributed by atoms with E-state index in [-0.39, 0.29) is 23.1 Å². The number of rotatable bonds is 6. The average molecular weight is 420 g/mol. The molecule has 1 amide bonds. The second-order valence-corrected chi connectivity index (χ2v) is 8.36. The van der Waals surface area contributed by atoms with Crippen LogP contribution in [0.15, 0.2) is 34.3 Å². The first-order valence-corrected chi connectivity index (χ1v) is 10.2. The van der Waals surface area contributed by atoms with E-state index >= 15 is 0 Å². The summed E-state index contributed by atoms with van der Waals surface area (Å²) >= 11 is 7.40. The molecule has 9 heteroatoms. The Morgan fingerprint density at radius 2 is 2.11 bits per heavy atom. The standard InChI is InChI=1S/C19H22ClN5O2S/c1-11(2)8-25-18(27)17-14(9-24(4)23-17)21-19(25)28-10-15(26)22-16-12(3)6-5-7-13(16)20/h5-7,9,11H,8,10H2,1-4H3,(H,22,26). The lowest BCUT2D eigenvalue weighted by atomic mass is 10.2. The molecule has 2 heterocycles. The molecule has 0 fully saturated rings. The molecular weight excluding hydrogens is 398 g/mol. The van der Waals surface area contributed by atoms with Crippen molar-refractivity contribution in [1.29, 1.82) is 0 Å². The van der Waals surface area contributed by atoms with Gasteiger partial charge in [-0.25, -0.2) is 4.98 Å². The van der Waals surface area contributed by atoms with E-state index in [0.29, 0.717) is 33.4 Å². The Labute approximate surface area is 172 Å². The fourth-order valence-corrected chi connectivity index (χ4v) is 3.90. The summed E-state index contributed by atoms with van der Waals surface area (Å²) in [4.78, 5) is 29.9. The van der Waals surface area contributed by atoms with E-state index in [9.17, 15) is 9.59 Å². The minimum Gasteiger partial charge on any atom is -0.324 e. The number of carbonyl (C=O) groups is 1. The number of hydrogen-bond donors (Lipinski definition) is 1. The number of halogens is 1. The highest BCUT2D eigenvalue weighted by Gasteiger charge is 2.17. The summed E-state index contributed by atoms with van der Waals surface area (Å²) in [6, 6.07) is 5.45. The summed E-state index contributed by atoms with van der Waals surface area (Å²) in [5.41, 5.74) is 2.16. The number of aromatic nitrogens is 4. The minimum absolute atomic E-state index is 0.112. The van der Waals surface area contributed by atoms with Gasteiger partial charge < -0.3 is 5.32 Å². The van der Waals surface area contributed by atoms with Crippen LogP contribution in [0.5, 0.6) is 0 Å². The van der Waals surface area contributed by atoms with E-state index in [1.807, 2.05) is 32.9 Å². The lowest BCUT2D eigenvalue weighted by Crippen LogP contribution is -2.26. The summed E-state index contributed by atoms with van der Waals surface area (Å²) in [5.74, 6) is 0.151. The van der Waals surface area contributed by atoms with E-state index in [1.165, 1.54) is 11.8 Å². The molecule has 3 rings (SSSR count). The van der Waals surface area contributed by atoms with Crippen LogP contribution in [0.1, 0.15) is 19.4 Å². The van der Waals surface area contributed by atoms with Crippen LogP contribution in [-0.2, 0) is 18.4 Å². The van der Waals surface area contributed by atoms with Crippen LogP contribution in [0.2, 0.25) is 5.02 Å². The first kappa shape index (κ1) is 20.4. The van der Waals surface area contributed by atoms with Gasteiger partial charge in [0, 0.05) is 13.6 Å². The van der Waals surface area contributed by atoms with Crippen molar-refractivity contribution in [3.8, 4) is 0 Å². The number of hydrogen-bond acceptors (Lipinski definition) is 5. The molecule has 0 unspecified atom stereocenters. The van der Waals surface area contributed by atoms with Gasteiger partial charge in [0.1, 0.15) is 5.52 Å². The monoisotopic (exact) mass is 419 g/mol. The number of para-hydroxylation sites is 1. The van der Waals surface area contributed by atoms with Crippen molar-refractivity contribution in [2.75, 3.05) is 11.1 Å². The zero-order chi connectivity index (χ0) is 20.4. The normalized spacial score (nSPS) is 11.4. The molecule has 0 aliphatic heterocycles. The third-order valence-electron chi connectivity index (χ3n) is 4.07. The van der Waals surface area contributed by atoms with Crippen molar-refractivity contribution in [3.05, 3.63) is 45.3 Å². The third-order valence-corrected chi connectivity index (χ3v) is 5.36. The number of nitrogens with one attached hydrogen (secondary N) is 1. The lowest BCUT2D eigenvalue weighted by Gasteiger charge is -2.14. The van der Waals surface area contributed by atoms with Gasteiger partial charge in [0.05, 0.1) is 22.7 Å². The molecule has 0 spiro atoms. The second-order valence-electron chi connectivity index (χ2n) is 7.01. The number of aryl methyl sites for hydroxylation is 2. The Balaban J connectivity index is 1.85. The second kappa shape index (κ2) is 8.36. The van der Waals surface area contributed by atoms with Gasteiger partial charge >= 0.3 is 0 Å². The average Bonchev–Trinajstić information content (AvgIpc) is 2.99. The molecule has 0 saturated heterocycles. The Bertz CT molecular complexity index is 1070. The van der Waals surface area contributed by atoms with Crippen LogP contribution in [0.4, 0.5) is 5.69 Å². The van der Waals surface area contributed by atoms with Crippen molar-refractivity contribution >= 4 is 46.0 Å². The van der Waals surface area contributed by atoms with Crippen LogP contribution >= 0.6 is 23.4 Å². The van der Waals surface area contributed by atoms with Gasteiger partial charge in [0.25, 0.3) is 5.56 Å². The van der Waals surface area contributed by atoms with Gasteiger partial charge in [-0.1, -0.05) is 49.3 Å². The summed E-state index contributed by atoms with van der Waals surface area (Å²) in [6.45, 7) is 6.44. The van der Waals surface area contributed by atoms with E-state index in [4.69, 9.17) is 11.6 Å². The predicted octanol–water partition coefficient (Wildman–Crippen LogP) is 3.48. The molecule has 0 aliphatic rings. The predicted molar refractivity (Wildman–Crippen MR) is 113 cm³/mol. The minimum atomic E-state index is -0.210. The quantitative estimate of drug-likeness (QED) is 0.488. The van der Waals surface area contributed by atoms with Crippen LogP contribution in [-0.4, -0.2) is 31.0 Å². The summed E-state index contributed by atoms with van der Waals surface area (Å²) in [7, 11) is 1.75. The largest absolute Gasteiger partial charge is 0.324 e. The van der Waals surface area contributed by atoms with Crippen LogP contribution in [0.25, 0.3) is 11.0 Å². The van der Waals surface area contributed by atoms with Crippen molar-refractivity contribution in [2.45, 2.75) is 32.5 Å². The van der Waals surface area contributed by atoms with E-state index in [0.717, 1.165) is 5.56 Å². The zero-order valence-electron chi connectivity index (χ0n) is 16.2. The molecule has 0 radical (unpaired) electrons. The Morgan fingerprint density at radius 3 is 2.79 bits per heavy atom. The van der Waals surface area contributed by atoms with Crippen molar-refractivity contribution in [1.82, 2.24) is 19.3 Å². The Kier molecular flexibility index (Phi) is 6.10. The van der Waals surface area contributed by atoms with Gasteiger partial charge in [0.15, 0.2) is 10.7 Å². The highest BCUT2D eigenvalue weighted by molar-refractivity contribution is 7.99. The molecular formula is C19H22ClN5O2S. The van der Waals surface area contributed by atoms with Crippen LogP contribution in [0.3, 0.4) is 0 Å². The van der Waals surface area contributed by atoms with Crippen molar-refractivity contribution in [2.24, 2.45) is 13.0 Å².